The molecule has 0 fully saturated rings. The largest absolute Gasteiger partial charge is 0.872 e. The summed E-state index contributed by atoms with van der Waals surface area (Å²) in [6.45, 7) is 0. The van der Waals surface area contributed by atoms with Crippen molar-refractivity contribution >= 4 is 28.6 Å². The third-order valence-electron chi connectivity index (χ3n) is 4.22. The number of nitro groups is 1. The zero-order chi connectivity index (χ0) is 19.0. The average Bonchev–Trinajstić information content (AvgIpc) is 3.41. The summed E-state index contributed by atoms with van der Waals surface area (Å²) in [6, 6.07) is 9.58. The van der Waals surface area contributed by atoms with Gasteiger partial charge < -0.3 is 9.52 Å². The summed E-state index contributed by atoms with van der Waals surface area (Å²) in [7, 11) is 0. The van der Waals surface area contributed by atoms with Crippen molar-refractivity contribution in [1.29, 1.82) is 0 Å². The zero-order valence-electron chi connectivity index (χ0n) is 13.8. The molecule has 3 heterocycles. The number of nitro benzene ring substituents is 1. The predicted molar refractivity (Wildman–Crippen MR) is 95.6 cm³/mol. The number of hydrogen-bond acceptors (Lipinski definition) is 7. The number of furan rings is 1. The van der Waals surface area contributed by atoms with E-state index in [1.54, 1.807) is 6.07 Å². The molecule has 1 aliphatic rings. The second kappa shape index (κ2) is 6.69. The number of non-ortho nitro benzene ring substituents is 1. The SMILES string of the molecule is O=C(c1ccco1)N1N=C(c2cccs2)C[C@@H]1c1cc([N+](=O)[O-])ccc1[O-]. The van der Waals surface area contributed by atoms with Gasteiger partial charge >= 0.3 is 5.91 Å². The Labute approximate surface area is 157 Å². The molecule has 1 aliphatic heterocycles. The lowest BCUT2D eigenvalue weighted by Crippen LogP contribution is -2.27. The van der Waals surface area contributed by atoms with Crippen LogP contribution in [0.3, 0.4) is 0 Å². The lowest BCUT2D eigenvalue weighted by molar-refractivity contribution is -0.385. The summed E-state index contributed by atoms with van der Waals surface area (Å²) in [6.07, 6.45) is 1.65. The first-order chi connectivity index (χ1) is 13.0. The standard InChI is InChI=1S/C18H13N3O5S/c22-15-6-5-11(21(24)25)9-12(15)14-10-13(17-4-2-8-27-17)19-20(14)18(23)16-3-1-7-26-16/h1-9,14,22H,10H2/p-1/t14-/m1/s1. The Bertz CT molecular complexity index is 1030. The molecule has 0 saturated carbocycles. The molecule has 9 heteroatoms. The van der Waals surface area contributed by atoms with E-state index >= 15 is 0 Å². The van der Waals surface area contributed by atoms with Gasteiger partial charge in [-0.2, -0.15) is 5.10 Å². The maximum Gasteiger partial charge on any atom is 0.310 e. The van der Waals surface area contributed by atoms with Crippen LogP contribution < -0.4 is 5.11 Å². The lowest BCUT2D eigenvalue weighted by Gasteiger charge is -2.25. The zero-order valence-corrected chi connectivity index (χ0v) is 14.6. The second-order valence-electron chi connectivity index (χ2n) is 5.85. The van der Waals surface area contributed by atoms with E-state index in [0.717, 1.165) is 17.0 Å². The van der Waals surface area contributed by atoms with Crippen molar-refractivity contribution in [1.82, 2.24) is 5.01 Å². The molecule has 1 atom stereocenters. The van der Waals surface area contributed by atoms with Crippen molar-refractivity contribution in [3.05, 3.63) is 80.4 Å². The summed E-state index contributed by atoms with van der Waals surface area (Å²) < 4.78 is 5.17. The van der Waals surface area contributed by atoms with Crippen LogP contribution in [0.2, 0.25) is 0 Å². The Balaban J connectivity index is 1.78. The summed E-state index contributed by atoms with van der Waals surface area (Å²) in [5.41, 5.74) is 0.583. The summed E-state index contributed by atoms with van der Waals surface area (Å²) >= 11 is 1.46. The first kappa shape index (κ1) is 17.0. The highest BCUT2D eigenvalue weighted by molar-refractivity contribution is 7.12. The van der Waals surface area contributed by atoms with Crippen LogP contribution in [0, 0.1) is 10.1 Å². The fraction of sp³-hybridized carbons (Fsp3) is 0.111. The minimum Gasteiger partial charge on any atom is -0.872 e. The first-order valence-electron chi connectivity index (χ1n) is 7.98. The van der Waals surface area contributed by atoms with E-state index in [0.29, 0.717) is 5.71 Å². The molecule has 0 aliphatic carbocycles. The molecule has 3 aromatic rings. The number of amides is 1. The van der Waals surface area contributed by atoms with Crippen LogP contribution in [0.1, 0.15) is 33.5 Å². The van der Waals surface area contributed by atoms with Crippen molar-refractivity contribution in [2.75, 3.05) is 0 Å². The maximum atomic E-state index is 12.8. The number of carbonyl (C=O) groups is 1. The molecule has 27 heavy (non-hydrogen) atoms. The van der Waals surface area contributed by atoms with E-state index < -0.39 is 16.9 Å². The van der Waals surface area contributed by atoms with E-state index in [4.69, 9.17) is 4.42 Å². The van der Waals surface area contributed by atoms with E-state index in [1.807, 2.05) is 17.5 Å². The molecule has 1 aromatic carbocycles. The van der Waals surface area contributed by atoms with Gasteiger partial charge in [0.2, 0.25) is 0 Å². The topological polar surface area (TPSA) is 112 Å². The molecule has 0 unspecified atom stereocenters. The van der Waals surface area contributed by atoms with E-state index in [1.165, 1.54) is 34.7 Å². The number of rotatable bonds is 4. The van der Waals surface area contributed by atoms with Crippen LogP contribution in [-0.4, -0.2) is 21.6 Å². The number of hydrazone groups is 1. The Hall–Kier alpha value is -3.46. The minimum atomic E-state index is -0.743. The average molecular weight is 382 g/mol. The van der Waals surface area contributed by atoms with Crippen molar-refractivity contribution in [3.63, 3.8) is 0 Å². The normalized spacial score (nSPS) is 16.4. The highest BCUT2D eigenvalue weighted by atomic mass is 32.1. The van der Waals surface area contributed by atoms with Gasteiger partial charge in [-0.3, -0.25) is 14.9 Å². The summed E-state index contributed by atoms with van der Waals surface area (Å²) in [4.78, 5) is 24.2. The van der Waals surface area contributed by atoms with Crippen LogP contribution in [0.15, 0.2) is 63.6 Å². The van der Waals surface area contributed by atoms with Gasteiger partial charge in [-0.05, 0) is 29.1 Å². The monoisotopic (exact) mass is 382 g/mol. The molecule has 0 spiro atoms. The first-order valence-corrected chi connectivity index (χ1v) is 8.86. The van der Waals surface area contributed by atoms with E-state index in [2.05, 4.69) is 5.10 Å². The smallest absolute Gasteiger partial charge is 0.310 e. The van der Waals surface area contributed by atoms with Crippen LogP contribution in [0.4, 0.5) is 5.69 Å². The third-order valence-corrected chi connectivity index (χ3v) is 5.14. The van der Waals surface area contributed by atoms with Crippen LogP contribution >= 0.6 is 11.3 Å². The Morgan fingerprint density at radius 1 is 1.30 bits per heavy atom. The number of nitrogens with zero attached hydrogens (tertiary/aromatic N) is 3. The summed E-state index contributed by atoms with van der Waals surface area (Å²) in [5.74, 6) is -0.818. The van der Waals surface area contributed by atoms with Crippen molar-refractivity contribution in [3.8, 4) is 5.75 Å². The molecule has 1 amide bonds. The molecule has 0 N–H and O–H groups in total. The number of benzene rings is 1. The van der Waals surface area contributed by atoms with Gasteiger partial charge in [0.05, 0.1) is 27.8 Å². The molecule has 8 nitrogen and oxygen atoms in total. The van der Waals surface area contributed by atoms with Gasteiger partial charge in [-0.15, -0.1) is 17.1 Å². The van der Waals surface area contributed by atoms with Gasteiger partial charge in [0.15, 0.2) is 5.76 Å². The fourth-order valence-electron chi connectivity index (χ4n) is 2.95. The minimum absolute atomic E-state index is 0.0778. The van der Waals surface area contributed by atoms with Crippen molar-refractivity contribution in [2.45, 2.75) is 12.5 Å². The highest BCUT2D eigenvalue weighted by Crippen LogP contribution is 2.39. The Kier molecular flexibility index (Phi) is 4.21. The predicted octanol–water partition coefficient (Wildman–Crippen LogP) is 3.31. The third kappa shape index (κ3) is 3.08. The van der Waals surface area contributed by atoms with Gasteiger partial charge in [0.1, 0.15) is 0 Å². The molecule has 136 valence electrons. The molecule has 0 saturated heterocycles. The summed E-state index contributed by atoms with van der Waals surface area (Å²) in [5, 5.41) is 31.0. The van der Waals surface area contributed by atoms with Gasteiger partial charge in [0.25, 0.3) is 5.69 Å². The van der Waals surface area contributed by atoms with Gasteiger partial charge in [-0.25, -0.2) is 5.01 Å². The number of thiophene rings is 1. The molecule has 0 radical (unpaired) electrons. The molecular formula is C18H12N3O5S-. The molecular weight excluding hydrogens is 370 g/mol. The van der Waals surface area contributed by atoms with Gasteiger partial charge in [-0.1, -0.05) is 12.1 Å². The number of carbonyl (C=O) groups excluding carboxylic acids is 1. The van der Waals surface area contributed by atoms with Crippen LogP contribution in [0.5, 0.6) is 5.75 Å². The van der Waals surface area contributed by atoms with Crippen molar-refractivity contribution in [2.24, 2.45) is 5.10 Å². The maximum absolute atomic E-state index is 12.8. The highest BCUT2D eigenvalue weighted by Gasteiger charge is 2.35. The Morgan fingerprint density at radius 3 is 2.81 bits per heavy atom. The van der Waals surface area contributed by atoms with Crippen molar-refractivity contribution < 1.29 is 19.2 Å². The quantitative estimate of drug-likeness (QED) is 0.507. The van der Waals surface area contributed by atoms with Crippen LogP contribution in [-0.2, 0) is 0 Å². The molecule has 4 rings (SSSR count). The van der Waals surface area contributed by atoms with Gasteiger partial charge in [0, 0.05) is 18.6 Å². The Morgan fingerprint density at radius 2 is 2.15 bits per heavy atom. The number of hydrogen-bond donors (Lipinski definition) is 0. The van der Waals surface area contributed by atoms with Crippen LogP contribution in [0.25, 0.3) is 0 Å². The van der Waals surface area contributed by atoms with E-state index in [-0.39, 0.29) is 29.2 Å². The lowest BCUT2D eigenvalue weighted by atomic mass is 9.99. The van der Waals surface area contributed by atoms with E-state index in [9.17, 15) is 20.0 Å². The molecule has 0 bridgehead atoms. The second-order valence-corrected chi connectivity index (χ2v) is 6.80. The fourth-order valence-corrected chi connectivity index (χ4v) is 3.68. The molecule has 2 aromatic heterocycles.